The van der Waals surface area contributed by atoms with Crippen molar-refractivity contribution in [3.8, 4) is 11.5 Å². The molecular formula is C16H14N2O6. The maximum absolute atomic E-state index is 12.0. The molecule has 0 spiro atoms. The number of carbonyl (C=O) groups is 2. The van der Waals surface area contributed by atoms with Gasteiger partial charge < -0.3 is 14.8 Å². The van der Waals surface area contributed by atoms with Gasteiger partial charge in [-0.25, -0.2) is 0 Å². The van der Waals surface area contributed by atoms with Crippen LogP contribution in [0.2, 0.25) is 0 Å². The van der Waals surface area contributed by atoms with Crippen molar-refractivity contribution < 1.29 is 24.0 Å². The van der Waals surface area contributed by atoms with Crippen molar-refractivity contribution in [2.24, 2.45) is 0 Å². The normalized spacial score (nSPS) is 9.88. The predicted octanol–water partition coefficient (Wildman–Crippen LogP) is 2.43. The number of rotatable bonds is 7. The first-order valence-electron chi connectivity index (χ1n) is 6.84. The molecule has 0 radical (unpaired) electrons. The fourth-order valence-electron chi connectivity index (χ4n) is 1.94. The number of carbonyl (C=O) groups excluding carboxylic acids is 2. The second kappa shape index (κ2) is 7.73. The predicted molar refractivity (Wildman–Crippen MR) is 85.6 cm³/mol. The van der Waals surface area contributed by atoms with E-state index in [1.165, 1.54) is 25.3 Å². The Kier molecular flexibility index (Phi) is 5.45. The topological polar surface area (TPSA) is 108 Å². The number of methoxy groups -OCH3 is 1. The highest BCUT2D eigenvalue weighted by molar-refractivity contribution is 5.93. The van der Waals surface area contributed by atoms with Crippen molar-refractivity contribution in [3.05, 3.63) is 58.1 Å². The third-order valence-electron chi connectivity index (χ3n) is 3.07. The number of non-ortho nitro benzene ring substituents is 1. The highest BCUT2D eigenvalue weighted by atomic mass is 16.6. The van der Waals surface area contributed by atoms with Crippen LogP contribution >= 0.6 is 0 Å². The molecule has 24 heavy (non-hydrogen) atoms. The average molecular weight is 330 g/mol. The monoisotopic (exact) mass is 330 g/mol. The van der Waals surface area contributed by atoms with Gasteiger partial charge in [0.1, 0.15) is 11.5 Å². The Morgan fingerprint density at radius 3 is 2.67 bits per heavy atom. The van der Waals surface area contributed by atoms with E-state index in [4.69, 9.17) is 9.47 Å². The summed E-state index contributed by atoms with van der Waals surface area (Å²) in [6, 6.07) is 10.3. The van der Waals surface area contributed by atoms with Crippen molar-refractivity contribution in [3.63, 3.8) is 0 Å². The van der Waals surface area contributed by atoms with E-state index < -0.39 is 10.8 Å². The van der Waals surface area contributed by atoms with Gasteiger partial charge in [0.05, 0.1) is 29.4 Å². The number of nitro benzene ring substituents is 1. The van der Waals surface area contributed by atoms with Crippen molar-refractivity contribution in [2.45, 2.75) is 0 Å². The molecular weight excluding hydrogens is 316 g/mol. The van der Waals surface area contributed by atoms with E-state index in [2.05, 4.69) is 5.32 Å². The van der Waals surface area contributed by atoms with E-state index >= 15 is 0 Å². The van der Waals surface area contributed by atoms with Gasteiger partial charge in [0.2, 0.25) is 0 Å². The van der Waals surface area contributed by atoms with Crippen LogP contribution in [0.5, 0.6) is 11.5 Å². The molecule has 0 aliphatic carbocycles. The number of para-hydroxylation sites is 1. The zero-order valence-electron chi connectivity index (χ0n) is 12.7. The molecule has 0 unspecified atom stereocenters. The number of ether oxygens (including phenoxy) is 2. The Bertz CT molecular complexity index is 775. The van der Waals surface area contributed by atoms with E-state index in [9.17, 15) is 19.7 Å². The van der Waals surface area contributed by atoms with Crippen LogP contribution in [0.1, 0.15) is 10.4 Å². The Hall–Kier alpha value is -3.42. The van der Waals surface area contributed by atoms with E-state index in [0.29, 0.717) is 17.6 Å². The number of anilines is 1. The summed E-state index contributed by atoms with van der Waals surface area (Å²) in [4.78, 5) is 33.0. The molecule has 8 nitrogen and oxygen atoms in total. The van der Waals surface area contributed by atoms with Crippen LogP contribution in [-0.2, 0) is 4.79 Å². The van der Waals surface area contributed by atoms with Gasteiger partial charge in [0.25, 0.3) is 11.6 Å². The Balaban J connectivity index is 2.04. The second-order valence-electron chi connectivity index (χ2n) is 4.63. The van der Waals surface area contributed by atoms with Gasteiger partial charge in [-0.05, 0) is 18.2 Å². The van der Waals surface area contributed by atoms with Crippen LogP contribution in [0, 0.1) is 10.1 Å². The summed E-state index contributed by atoms with van der Waals surface area (Å²) in [5.74, 6) is -0.0491. The smallest absolute Gasteiger partial charge is 0.273 e. The minimum Gasteiger partial charge on any atom is -0.494 e. The first kappa shape index (κ1) is 16.9. The summed E-state index contributed by atoms with van der Waals surface area (Å²) in [7, 11) is 1.34. The molecule has 2 aromatic rings. The van der Waals surface area contributed by atoms with Crippen LogP contribution in [0.3, 0.4) is 0 Å². The number of nitrogens with zero attached hydrogens (tertiary/aromatic N) is 1. The van der Waals surface area contributed by atoms with Gasteiger partial charge in [0.15, 0.2) is 12.9 Å². The van der Waals surface area contributed by atoms with E-state index in [-0.39, 0.29) is 23.7 Å². The molecule has 0 heterocycles. The van der Waals surface area contributed by atoms with E-state index in [1.54, 1.807) is 24.3 Å². The lowest BCUT2D eigenvalue weighted by molar-refractivity contribution is -0.384. The molecule has 0 bridgehead atoms. The lowest BCUT2D eigenvalue weighted by Gasteiger charge is -2.11. The number of benzene rings is 2. The Morgan fingerprint density at radius 2 is 2.00 bits per heavy atom. The van der Waals surface area contributed by atoms with Crippen LogP contribution in [-0.4, -0.2) is 30.8 Å². The maximum atomic E-state index is 12.0. The molecule has 1 N–H and O–H groups in total. The Morgan fingerprint density at radius 1 is 1.25 bits per heavy atom. The fraction of sp³-hybridized carbons (Fsp3) is 0.125. The molecule has 0 saturated heterocycles. The third-order valence-corrected chi connectivity index (χ3v) is 3.07. The number of amides is 1. The largest absolute Gasteiger partial charge is 0.494 e. The van der Waals surface area contributed by atoms with Crippen LogP contribution in [0.15, 0.2) is 42.5 Å². The van der Waals surface area contributed by atoms with E-state index in [0.717, 1.165) is 0 Å². The summed E-state index contributed by atoms with van der Waals surface area (Å²) in [6.07, 6.45) is 0.632. The molecule has 0 aromatic heterocycles. The summed E-state index contributed by atoms with van der Waals surface area (Å²) in [5.41, 5.74) is 0.458. The molecule has 0 fully saturated rings. The SMILES string of the molecule is COc1cc([N+](=O)[O-])ccc1NC(=O)COc1ccccc1C=O. The van der Waals surface area contributed by atoms with Crippen LogP contribution < -0.4 is 14.8 Å². The van der Waals surface area contributed by atoms with Crippen LogP contribution in [0.4, 0.5) is 11.4 Å². The highest BCUT2D eigenvalue weighted by Crippen LogP contribution is 2.29. The number of nitro groups is 1. The summed E-state index contributed by atoms with van der Waals surface area (Å²) >= 11 is 0. The second-order valence-corrected chi connectivity index (χ2v) is 4.63. The number of nitrogens with one attached hydrogen (secondary N) is 1. The molecule has 0 aliphatic rings. The molecule has 2 aromatic carbocycles. The molecule has 0 atom stereocenters. The molecule has 124 valence electrons. The minimum atomic E-state index is -0.562. The van der Waals surface area contributed by atoms with E-state index in [1.807, 2.05) is 0 Å². The number of aldehydes is 1. The van der Waals surface area contributed by atoms with Crippen molar-refractivity contribution >= 4 is 23.6 Å². The van der Waals surface area contributed by atoms with Gasteiger partial charge in [-0.3, -0.25) is 19.7 Å². The third kappa shape index (κ3) is 4.07. The number of hydrogen-bond acceptors (Lipinski definition) is 6. The summed E-state index contributed by atoms with van der Waals surface area (Å²) in [6.45, 7) is -0.328. The standard InChI is InChI=1S/C16H14N2O6/c1-23-15-8-12(18(21)22)6-7-13(15)17-16(20)10-24-14-5-3-2-4-11(14)9-19/h2-9H,10H2,1H3,(H,17,20). The minimum absolute atomic E-state index is 0.152. The molecule has 2 rings (SSSR count). The zero-order valence-corrected chi connectivity index (χ0v) is 12.7. The quantitative estimate of drug-likeness (QED) is 0.474. The molecule has 1 amide bonds. The van der Waals surface area contributed by atoms with Gasteiger partial charge in [-0.1, -0.05) is 12.1 Å². The average Bonchev–Trinajstić information content (AvgIpc) is 2.60. The maximum Gasteiger partial charge on any atom is 0.273 e. The molecule has 8 heteroatoms. The molecule has 0 aliphatic heterocycles. The zero-order chi connectivity index (χ0) is 17.5. The van der Waals surface area contributed by atoms with Crippen molar-refractivity contribution in [2.75, 3.05) is 19.0 Å². The molecule has 0 saturated carbocycles. The first-order chi connectivity index (χ1) is 11.5. The summed E-state index contributed by atoms with van der Waals surface area (Å²) < 4.78 is 10.3. The number of hydrogen-bond donors (Lipinski definition) is 1. The van der Waals surface area contributed by atoms with Gasteiger partial charge in [-0.2, -0.15) is 0 Å². The highest BCUT2D eigenvalue weighted by Gasteiger charge is 2.14. The van der Waals surface area contributed by atoms with Crippen molar-refractivity contribution in [1.29, 1.82) is 0 Å². The lowest BCUT2D eigenvalue weighted by Crippen LogP contribution is -2.20. The fourth-order valence-corrected chi connectivity index (χ4v) is 1.94. The van der Waals surface area contributed by atoms with Crippen LogP contribution in [0.25, 0.3) is 0 Å². The van der Waals surface area contributed by atoms with Gasteiger partial charge >= 0.3 is 0 Å². The van der Waals surface area contributed by atoms with Crippen molar-refractivity contribution in [1.82, 2.24) is 0 Å². The Labute approximate surface area is 137 Å². The van der Waals surface area contributed by atoms with Gasteiger partial charge in [-0.15, -0.1) is 0 Å². The summed E-state index contributed by atoms with van der Waals surface area (Å²) in [5, 5.41) is 13.3. The first-order valence-corrected chi connectivity index (χ1v) is 6.84. The lowest BCUT2D eigenvalue weighted by atomic mass is 10.2. The van der Waals surface area contributed by atoms with Gasteiger partial charge in [0, 0.05) is 6.07 Å².